The van der Waals surface area contributed by atoms with Gasteiger partial charge >= 0.3 is 12.1 Å². The van der Waals surface area contributed by atoms with Crippen molar-refractivity contribution in [3.63, 3.8) is 0 Å². The number of halogens is 3. The van der Waals surface area contributed by atoms with Gasteiger partial charge in [0.25, 0.3) is 0 Å². The topological polar surface area (TPSA) is 186 Å². The summed E-state index contributed by atoms with van der Waals surface area (Å²) in [5.74, 6) is -2.98. The third kappa shape index (κ3) is 8.61. The Morgan fingerprint density at radius 2 is 1.62 bits per heavy atom. The van der Waals surface area contributed by atoms with Gasteiger partial charge in [-0.05, 0) is 36.4 Å². The van der Waals surface area contributed by atoms with E-state index in [1.54, 1.807) is 24.3 Å². The van der Waals surface area contributed by atoms with Crippen molar-refractivity contribution < 1.29 is 41.0 Å². The molecule has 0 bridgehead atoms. The first kappa shape index (κ1) is 26.4. The van der Waals surface area contributed by atoms with Crippen LogP contribution in [0.2, 0.25) is 0 Å². The first-order valence-corrected chi connectivity index (χ1v) is 9.99. The summed E-state index contributed by atoms with van der Waals surface area (Å²) in [5.41, 5.74) is 11.3. The number of aliphatic carboxylic acids is 1. The second-order valence-electron chi connectivity index (χ2n) is 5.88. The highest BCUT2D eigenvalue weighted by Crippen LogP contribution is 2.14. The van der Waals surface area contributed by atoms with Crippen LogP contribution < -0.4 is 20.9 Å². The van der Waals surface area contributed by atoms with Crippen LogP contribution in [0.25, 0.3) is 0 Å². The Morgan fingerprint density at radius 3 is 2.09 bits per heavy atom. The van der Waals surface area contributed by atoms with Crippen molar-refractivity contribution in [2.75, 3.05) is 13.2 Å². The van der Waals surface area contributed by atoms with Crippen LogP contribution in [0.15, 0.2) is 53.4 Å². The van der Waals surface area contributed by atoms with Crippen LogP contribution in [-0.2, 0) is 14.8 Å². The summed E-state index contributed by atoms with van der Waals surface area (Å²) in [6, 6.07) is 12.0. The molecular weight excluding hydrogens is 457 g/mol. The van der Waals surface area contributed by atoms with Gasteiger partial charge in [0.2, 0.25) is 15.9 Å². The Kier molecular flexibility index (Phi) is 9.16. The van der Waals surface area contributed by atoms with E-state index in [4.69, 9.17) is 31.5 Å². The number of amides is 1. The summed E-state index contributed by atoms with van der Waals surface area (Å²) in [6.45, 7) is 0.143. The van der Waals surface area contributed by atoms with Crippen LogP contribution in [-0.4, -0.2) is 50.6 Å². The number of hydrogen-bond donors (Lipinski definition) is 5. The predicted molar refractivity (Wildman–Crippen MR) is 107 cm³/mol. The predicted octanol–water partition coefficient (Wildman–Crippen LogP) is 1.06. The quantitative estimate of drug-likeness (QED) is 0.214. The number of amidine groups is 1. The summed E-state index contributed by atoms with van der Waals surface area (Å²) in [7, 11) is -3.72. The lowest BCUT2D eigenvalue weighted by molar-refractivity contribution is -0.192. The fraction of sp³-hybridized carbons (Fsp3) is 0.167. The number of nitrogen functional groups attached to an aromatic ring is 1. The molecule has 0 saturated carbocycles. The van der Waals surface area contributed by atoms with E-state index in [2.05, 4.69) is 4.72 Å². The van der Waals surface area contributed by atoms with Gasteiger partial charge in [0, 0.05) is 17.7 Å². The number of carbonyl (C=O) groups excluding carboxylic acids is 1. The monoisotopic (exact) mass is 476 g/mol. The first-order chi connectivity index (χ1) is 14.7. The van der Waals surface area contributed by atoms with Crippen LogP contribution in [0.1, 0.15) is 15.9 Å². The minimum atomic E-state index is -5.08. The average Bonchev–Trinajstić information content (AvgIpc) is 2.71. The Labute approximate surface area is 180 Å². The number of hydrogen-bond acceptors (Lipinski definition) is 6. The number of alkyl halides is 3. The molecule has 10 nitrogen and oxygen atoms in total. The summed E-state index contributed by atoms with van der Waals surface area (Å²) < 4.78 is 63.9. The fourth-order valence-electron chi connectivity index (χ4n) is 1.98. The molecule has 32 heavy (non-hydrogen) atoms. The molecule has 0 heterocycles. The number of carboxylic acids is 1. The molecule has 14 heteroatoms. The van der Waals surface area contributed by atoms with Crippen molar-refractivity contribution in [1.29, 1.82) is 5.41 Å². The zero-order valence-electron chi connectivity index (χ0n) is 16.2. The molecule has 0 atom stereocenters. The highest BCUT2D eigenvalue weighted by Gasteiger charge is 2.38. The second-order valence-corrected chi connectivity index (χ2v) is 7.65. The van der Waals surface area contributed by atoms with Crippen LogP contribution in [0.5, 0.6) is 5.75 Å². The lowest BCUT2D eigenvalue weighted by Crippen LogP contribution is -2.28. The molecule has 0 spiro atoms. The second kappa shape index (κ2) is 11.1. The van der Waals surface area contributed by atoms with E-state index in [-0.39, 0.29) is 29.4 Å². The van der Waals surface area contributed by atoms with Gasteiger partial charge in [-0.1, -0.05) is 12.1 Å². The van der Waals surface area contributed by atoms with Crippen LogP contribution in [0.3, 0.4) is 0 Å². The summed E-state index contributed by atoms with van der Waals surface area (Å²) >= 11 is 0. The highest BCUT2D eigenvalue weighted by molar-refractivity contribution is 7.89. The maximum absolute atomic E-state index is 12.1. The average molecular weight is 476 g/mol. The normalized spacial score (nSPS) is 11.1. The molecule has 0 aliphatic rings. The Hall–Kier alpha value is -3.65. The SMILES string of the molecule is N=C(N)c1cccc(OCCNS(=O)(=O)c2ccc(C(N)=O)cc2)c1.O=C(O)C(F)(F)F. The number of rotatable bonds is 8. The van der Waals surface area contributed by atoms with Gasteiger partial charge in [-0.25, -0.2) is 17.9 Å². The van der Waals surface area contributed by atoms with E-state index < -0.39 is 28.1 Å². The Balaban J connectivity index is 0.000000633. The van der Waals surface area contributed by atoms with Crippen LogP contribution in [0.4, 0.5) is 13.2 Å². The molecule has 0 fully saturated rings. The number of carbonyl (C=O) groups is 2. The molecule has 174 valence electrons. The van der Waals surface area contributed by atoms with Crippen molar-refractivity contribution in [2.45, 2.75) is 11.1 Å². The molecule has 0 aliphatic carbocycles. The lowest BCUT2D eigenvalue weighted by atomic mass is 10.2. The maximum atomic E-state index is 12.1. The summed E-state index contributed by atoms with van der Waals surface area (Å²) in [6.07, 6.45) is -5.08. The van der Waals surface area contributed by atoms with E-state index in [0.29, 0.717) is 11.3 Å². The van der Waals surface area contributed by atoms with Crippen molar-refractivity contribution in [3.05, 3.63) is 59.7 Å². The summed E-state index contributed by atoms with van der Waals surface area (Å²) in [4.78, 5) is 19.9. The third-order valence-electron chi connectivity index (χ3n) is 3.50. The first-order valence-electron chi connectivity index (χ1n) is 8.51. The minimum Gasteiger partial charge on any atom is -0.492 e. The van der Waals surface area contributed by atoms with E-state index in [9.17, 15) is 26.4 Å². The van der Waals surface area contributed by atoms with Crippen molar-refractivity contribution in [3.8, 4) is 5.75 Å². The van der Waals surface area contributed by atoms with Gasteiger partial charge in [0.05, 0.1) is 4.90 Å². The van der Waals surface area contributed by atoms with Crippen LogP contribution >= 0.6 is 0 Å². The van der Waals surface area contributed by atoms with Crippen molar-refractivity contribution >= 4 is 27.7 Å². The molecule has 0 aliphatic heterocycles. The molecule has 0 saturated heterocycles. The van der Waals surface area contributed by atoms with E-state index in [1.165, 1.54) is 24.3 Å². The number of nitrogens with two attached hydrogens (primary N) is 2. The summed E-state index contributed by atoms with van der Waals surface area (Å²) in [5, 5.41) is 14.5. The zero-order chi connectivity index (χ0) is 24.5. The van der Waals surface area contributed by atoms with Crippen molar-refractivity contribution in [1.82, 2.24) is 4.72 Å². The number of sulfonamides is 1. The minimum absolute atomic E-state index is 0.0241. The third-order valence-corrected chi connectivity index (χ3v) is 4.98. The van der Waals surface area contributed by atoms with Gasteiger partial charge < -0.3 is 21.3 Å². The molecule has 2 aromatic rings. The number of benzene rings is 2. The lowest BCUT2D eigenvalue weighted by Gasteiger charge is -2.09. The standard InChI is InChI=1S/C16H18N4O4S.C2HF3O2/c17-15(18)12-2-1-3-13(10-12)24-9-8-20-25(22,23)14-6-4-11(5-7-14)16(19)21;3-2(4,5)1(6)7/h1-7,10,20H,8-9H2,(H3,17,18)(H2,19,21);(H,6,7). The van der Waals surface area contributed by atoms with E-state index in [1.807, 2.05) is 0 Å². The Bertz CT molecular complexity index is 1070. The molecule has 0 radical (unpaired) electrons. The fourth-order valence-corrected chi connectivity index (χ4v) is 2.99. The molecule has 0 unspecified atom stereocenters. The van der Waals surface area contributed by atoms with Gasteiger partial charge in [-0.15, -0.1) is 0 Å². The zero-order valence-corrected chi connectivity index (χ0v) is 17.0. The maximum Gasteiger partial charge on any atom is 0.490 e. The van der Waals surface area contributed by atoms with Gasteiger partial charge in [-0.3, -0.25) is 10.2 Å². The smallest absolute Gasteiger partial charge is 0.490 e. The number of ether oxygens (including phenoxy) is 1. The van der Waals surface area contributed by atoms with E-state index in [0.717, 1.165) is 0 Å². The molecular formula is C18H19F3N4O6S. The molecule has 2 aromatic carbocycles. The van der Waals surface area contributed by atoms with E-state index >= 15 is 0 Å². The van der Waals surface area contributed by atoms with Gasteiger partial charge in [0.1, 0.15) is 18.2 Å². The number of carboxylic acid groups (broad SMARTS) is 1. The van der Waals surface area contributed by atoms with Gasteiger partial charge in [-0.2, -0.15) is 13.2 Å². The largest absolute Gasteiger partial charge is 0.492 e. The number of nitrogens with one attached hydrogen (secondary N) is 2. The van der Waals surface area contributed by atoms with Gasteiger partial charge in [0.15, 0.2) is 0 Å². The highest BCUT2D eigenvalue weighted by atomic mass is 32.2. The molecule has 0 aromatic heterocycles. The Morgan fingerprint density at radius 1 is 1.06 bits per heavy atom. The molecule has 1 amide bonds. The number of primary amides is 1. The molecule has 2 rings (SSSR count). The van der Waals surface area contributed by atoms with Crippen molar-refractivity contribution in [2.24, 2.45) is 11.5 Å². The molecule has 7 N–H and O–H groups in total. The van der Waals surface area contributed by atoms with Crippen LogP contribution in [0, 0.1) is 5.41 Å².